The van der Waals surface area contributed by atoms with E-state index in [2.05, 4.69) is 9.80 Å². The van der Waals surface area contributed by atoms with Gasteiger partial charge in [-0.2, -0.15) is 0 Å². The van der Waals surface area contributed by atoms with Gasteiger partial charge in [0.25, 0.3) is 0 Å². The van der Waals surface area contributed by atoms with Crippen LogP contribution in [0.5, 0.6) is 0 Å². The molecular formula is C30H44N2O2. The second-order valence-electron chi connectivity index (χ2n) is 11.5. The Hall–Kier alpha value is -2.04. The molecular weight excluding hydrogens is 420 g/mol. The number of hydrogen-bond acceptors (Lipinski definition) is 4. The third-order valence-electron chi connectivity index (χ3n) is 7.26. The molecule has 2 heterocycles. The van der Waals surface area contributed by atoms with E-state index in [9.17, 15) is 9.59 Å². The van der Waals surface area contributed by atoms with Gasteiger partial charge in [-0.15, -0.1) is 0 Å². The molecule has 4 nitrogen and oxygen atoms in total. The molecule has 0 saturated carbocycles. The molecule has 0 unspecified atom stereocenters. The molecule has 0 aliphatic carbocycles. The van der Waals surface area contributed by atoms with E-state index in [0.29, 0.717) is 0 Å². The second kappa shape index (κ2) is 12.1. The summed E-state index contributed by atoms with van der Waals surface area (Å²) in [6.07, 6.45) is 14.8. The van der Waals surface area contributed by atoms with E-state index in [-0.39, 0.29) is 22.4 Å². The van der Waals surface area contributed by atoms with Crippen LogP contribution in [0.15, 0.2) is 36.4 Å². The average Bonchev–Trinajstić information content (AvgIpc) is 2.82. The van der Waals surface area contributed by atoms with E-state index in [1.54, 1.807) is 12.2 Å². The molecule has 0 spiro atoms. The summed E-state index contributed by atoms with van der Waals surface area (Å²) < 4.78 is 0. The van der Waals surface area contributed by atoms with E-state index in [0.717, 1.165) is 50.4 Å². The van der Waals surface area contributed by atoms with Crippen LogP contribution >= 0.6 is 0 Å². The number of rotatable bonds is 10. The monoisotopic (exact) mass is 464 g/mol. The Kier molecular flexibility index (Phi) is 9.44. The number of carbonyl (C=O) groups is 2. The second-order valence-corrected chi connectivity index (χ2v) is 11.5. The molecule has 3 rings (SSSR count). The fourth-order valence-corrected chi connectivity index (χ4v) is 5.02. The van der Waals surface area contributed by atoms with Crippen molar-refractivity contribution in [2.45, 2.75) is 66.2 Å². The summed E-state index contributed by atoms with van der Waals surface area (Å²) in [5.41, 5.74) is 1.24. The normalized spacial score (nSPS) is 19.2. The molecule has 0 N–H and O–H groups in total. The Morgan fingerprint density at radius 3 is 1.29 bits per heavy atom. The average molecular weight is 465 g/mol. The zero-order chi connectivity index (χ0) is 24.6. The zero-order valence-electron chi connectivity index (χ0n) is 21.8. The Balaban J connectivity index is 1.52. The van der Waals surface area contributed by atoms with Crippen LogP contribution < -0.4 is 0 Å². The third-order valence-corrected chi connectivity index (χ3v) is 7.26. The minimum absolute atomic E-state index is 0.170. The highest BCUT2D eigenvalue weighted by Crippen LogP contribution is 2.24. The van der Waals surface area contributed by atoms with E-state index in [1.807, 2.05) is 64.1 Å². The zero-order valence-corrected chi connectivity index (χ0v) is 21.8. The largest absolute Gasteiger partial charge is 0.302 e. The molecule has 186 valence electrons. The van der Waals surface area contributed by atoms with Crippen LogP contribution in [0.2, 0.25) is 0 Å². The maximum atomic E-state index is 12.8. The highest BCUT2D eigenvalue weighted by atomic mass is 16.1. The number of nitrogens with zero attached hydrogens (tertiary/aromatic N) is 2. The van der Waals surface area contributed by atoms with Crippen molar-refractivity contribution in [3.05, 3.63) is 47.5 Å². The Morgan fingerprint density at radius 2 is 0.971 bits per heavy atom. The van der Waals surface area contributed by atoms with E-state index in [4.69, 9.17) is 0 Å². The minimum atomic E-state index is -0.377. The first-order chi connectivity index (χ1) is 16.2. The molecule has 4 heteroatoms. The Morgan fingerprint density at radius 1 is 0.647 bits per heavy atom. The molecule has 0 radical (unpaired) electrons. The summed E-state index contributed by atoms with van der Waals surface area (Å²) in [6.45, 7) is 14.3. The fourth-order valence-electron chi connectivity index (χ4n) is 5.02. The molecule has 2 fully saturated rings. The van der Waals surface area contributed by atoms with Gasteiger partial charge in [0.1, 0.15) is 0 Å². The number of benzene rings is 1. The van der Waals surface area contributed by atoms with Crippen LogP contribution in [0.3, 0.4) is 0 Å². The van der Waals surface area contributed by atoms with Crippen LogP contribution in [0.1, 0.15) is 77.3 Å². The van der Waals surface area contributed by atoms with Crippen molar-refractivity contribution < 1.29 is 9.59 Å². The predicted octanol–water partition coefficient (Wildman–Crippen LogP) is 5.88. The summed E-state index contributed by atoms with van der Waals surface area (Å²) in [7, 11) is 0. The molecule has 0 atom stereocenters. The van der Waals surface area contributed by atoms with Crippen molar-refractivity contribution >= 4 is 23.7 Å². The summed E-state index contributed by atoms with van der Waals surface area (Å²) in [6, 6.07) is 8.02. The quantitative estimate of drug-likeness (QED) is 0.406. The van der Waals surface area contributed by atoms with Crippen molar-refractivity contribution in [2.24, 2.45) is 10.8 Å². The maximum Gasteiger partial charge on any atom is 0.162 e. The smallest absolute Gasteiger partial charge is 0.162 e. The third kappa shape index (κ3) is 8.02. The topological polar surface area (TPSA) is 40.6 Å². The van der Waals surface area contributed by atoms with Gasteiger partial charge in [-0.3, -0.25) is 9.59 Å². The molecule has 2 saturated heterocycles. The molecule has 34 heavy (non-hydrogen) atoms. The van der Waals surface area contributed by atoms with Crippen molar-refractivity contribution in [2.75, 3.05) is 39.3 Å². The Labute approximate surface area is 207 Å². The van der Waals surface area contributed by atoms with Crippen molar-refractivity contribution in [3.8, 4) is 0 Å². The van der Waals surface area contributed by atoms with Crippen molar-refractivity contribution in [1.82, 2.24) is 9.80 Å². The predicted molar refractivity (Wildman–Crippen MR) is 143 cm³/mol. The van der Waals surface area contributed by atoms with E-state index < -0.39 is 0 Å². The fraction of sp³-hybridized carbons (Fsp3) is 0.600. The number of likely N-dealkylation sites (tertiary alicyclic amines) is 2. The number of hydrogen-bond donors (Lipinski definition) is 0. The molecule has 2 aliphatic rings. The lowest BCUT2D eigenvalue weighted by Crippen LogP contribution is -2.41. The van der Waals surface area contributed by atoms with Gasteiger partial charge in [-0.05, 0) is 75.1 Å². The lowest BCUT2D eigenvalue weighted by Gasteiger charge is -2.33. The van der Waals surface area contributed by atoms with Crippen LogP contribution in [0.4, 0.5) is 0 Å². The number of ketones is 2. The molecule has 1 aromatic rings. The molecule has 0 aromatic heterocycles. The molecule has 0 amide bonds. The van der Waals surface area contributed by atoms with Gasteiger partial charge in [0.2, 0.25) is 0 Å². The van der Waals surface area contributed by atoms with Crippen molar-refractivity contribution in [3.63, 3.8) is 0 Å². The summed E-state index contributed by atoms with van der Waals surface area (Å²) >= 11 is 0. The molecule has 1 aromatic carbocycles. The summed E-state index contributed by atoms with van der Waals surface area (Å²) in [5, 5.41) is 0. The van der Waals surface area contributed by atoms with Crippen molar-refractivity contribution in [1.29, 1.82) is 0 Å². The van der Waals surface area contributed by atoms with Gasteiger partial charge in [0, 0.05) is 23.9 Å². The highest BCUT2D eigenvalue weighted by Gasteiger charge is 2.29. The summed E-state index contributed by atoms with van der Waals surface area (Å²) in [4.78, 5) is 30.5. The maximum absolute atomic E-state index is 12.8. The highest BCUT2D eigenvalue weighted by molar-refractivity contribution is 5.98. The molecule has 0 bridgehead atoms. The number of allylic oxidation sites excluding steroid dienone is 2. The van der Waals surface area contributed by atoms with Gasteiger partial charge >= 0.3 is 0 Å². The number of carbonyl (C=O) groups excluding carboxylic acids is 2. The first-order valence-electron chi connectivity index (χ1n) is 13.2. The lowest BCUT2D eigenvalue weighted by molar-refractivity contribution is -0.123. The van der Waals surface area contributed by atoms with Gasteiger partial charge in [0.05, 0.1) is 0 Å². The van der Waals surface area contributed by atoms with E-state index >= 15 is 0 Å². The lowest BCUT2D eigenvalue weighted by atomic mass is 9.86. The van der Waals surface area contributed by atoms with Gasteiger partial charge in [-0.25, -0.2) is 0 Å². The first-order valence-corrected chi connectivity index (χ1v) is 13.2. The minimum Gasteiger partial charge on any atom is -0.302 e. The molecule has 2 aliphatic heterocycles. The van der Waals surface area contributed by atoms with Gasteiger partial charge in [0.15, 0.2) is 11.6 Å². The summed E-state index contributed by atoms with van der Waals surface area (Å²) in [5.74, 6) is 0.340. The Bertz CT molecular complexity index is 795. The SMILES string of the molecule is CC(C)(CN1CCCCC1)C(=O)/C=C/c1ccc(/C=C/C(=O)C(C)(C)CN2CCCCC2)cc1. The van der Waals surface area contributed by atoms with Gasteiger partial charge < -0.3 is 9.80 Å². The standard InChI is InChI=1S/C30H44N2O2/c1-29(2,23-31-19-7-5-8-20-31)27(33)17-15-25-11-13-26(14-12-25)16-18-28(34)30(3,4)24-32-21-9-6-10-22-32/h11-18H,5-10,19-24H2,1-4H3/b17-15+,18-16+. The van der Waals surface area contributed by atoms with Gasteiger partial charge in [-0.1, -0.05) is 77.0 Å². The van der Waals surface area contributed by atoms with E-state index in [1.165, 1.54) is 38.5 Å². The van der Waals surface area contributed by atoms with Crippen LogP contribution in [-0.4, -0.2) is 60.6 Å². The van der Waals surface area contributed by atoms with Crippen LogP contribution in [0.25, 0.3) is 12.2 Å². The van der Waals surface area contributed by atoms with Crippen LogP contribution in [0, 0.1) is 10.8 Å². The first kappa shape index (κ1) is 26.6. The van der Waals surface area contributed by atoms with Crippen LogP contribution in [-0.2, 0) is 9.59 Å². The number of piperidine rings is 2.